The summed E-state index contributed by atoms with van der Waals surface area (Å²) in [6, 6.07) is 1.79. The van der Waals surface area contributed by atoms with Crippen molar-refractivity contribution >= 4 is 23.0 Å². The molecule has 7 nitrogen and oxygen atoms in total. The Bertz CT molecular complexity index is 827. The zero-order valence-electron chi connectivity index (χ0n) is 15.8. The monoisotopic (exact) mass is 357 g/mol. The van der Waals surface area contributed by atoms with E-state index in [0.29, 0.717) is 24.2 Å². The number of aryl methyl sites for hydroxylation is 3. The minimum absolute atomic E-state index is 0.0552. The van der Waals surface area contributed by atoms with Crippen molar-refractivity contribution in [1.82, 2.24) is 24.8 Å². The molecule has 140 valence electrons. The van der Waals surface area contributed by atoms with Gasteiger partial charge in [-0.1, -0.05) is 6.42 Å². The second-order valence-electron chi connectivity index (χ2n) is 6.75. The molecule has 0 aromatic carbocycles. The number of hydrogen-bond donors (Lipinski definition) is 1. The lowest BCUT2D eigenvalue weighted by Gasteiger charge is -2.20. The van der Waals surface area contributed by atoms with Crippen molar-refractivity contribution in [3.63, 3.8) is 0 Å². The summed E-state index contributed by atoms with van der Waals surface area (Å²) < 4.78 is 2.16. The fourth-order valence-electron chi connectivity index (χ4n) is 3.50. The summed E-state index contributed by atoms with van der Waals surface area (Å²) in [4.78, 5) is 36.0. The van der Waals surface area contributed by atoms with Crippen LogP contribution in [0.2, 0.25) is 0 Å². The summed E-state index contributed by atoms with van der Waals surface area (Å²) in [5, 5.41) is 2.75. The number of carbonyl (C=O) groups is 2. The maximum Gasteiger partial charge on any atom is 0.256 e. The molecule has 7 heteroatoms. The van der Waals surface area contributed by atoms with E-state index in [4.69, 9.17) is 4.98 Å². The van der Waals surface area contributed by atoms with E-state index in [1.165, 1.54) is 6.42 Å². The van der Waals surface area contributed by atoms with Crippen LogP contribution in [0.4, 0.5) is 0 Å². The molecule has 1 N–H and O–H groups in total. The minimum atomic E-state index is -0.164. The van der Waals surface area contributed by atoms with Crippen molar-refractivity contribution in [2.24, 2.45) is 0 Å². The maximum absolute atomic E-state index is 13.1. The molecule has 2 aromatic rings. The van der Waals surface area contributed by atoms with E-state index in [1.807, 2.05) is 20.8 Å². The quantitative estimate of drug-likeness (QED) is 0.888. The molecular weight excluding hydrogens is 330 g/mol. The second-order valence-corrected chi connectivity index (χ2v) is 6.75. The first kappa shape index (κ1) is 18.4. The van der Waals surface area contributed by atoms with Gasteiger partial charge in [0.25, 0.3) is 5.91 Å². The van der Waals surface area contributed by atoms with Crippen LogP contribution < -0.4 is 5.32 Å². The topological polar surface area (TPSA) is 80.1 Å². The SMILES string of the molecule is CCNC(=O)CN(CC)C(=O)c1cc(C)nc2c1nc1n2CCCCC1. The van der Waals surface area contributed by atoms with E-state index in [1.54, 1.807) is 11.0 Å². The summed E-state index contributed by atoms with van der Waals surface area (Å²) >= 11 is 0. The number of pyridine rings is 1. The van der Waals surface area contributed by atoms with Gasteiger partial charge in [0.05, 0.1) is 12.1 Å². The van der Waals surface area contributed by atoms with Gasteiger partial charge < -0.3 is 14.8 Å². The largest absolute Gasteiger partial charge is 0.355 e. The Morgan fingerprint density at radius 1 is 1.23 bits per heavy atom. The van der Waals surface area contributed by atoms with E-state index in [-0.39, 0.29) is 18.4 Å². The van der Waals surface area contributed by atoms with Gasteiger partial charge in [-0.05, 0) is 39.7 Å². The Balaban J connectivity index is 2.00. The van der Waals surface area contributed by atoms with Gasteiger partial charge >= 0.3 is 0 Å². The number of aromatic nitrogens is 3. The number of nitrogens with zero attached hydrogens (tertiary/aromatic N) is 4. The minimum Gasteiger partial charge on any atom is -0.355 e. The Kier molecular flexibility index (Phi) is 5.54. The van der Waals surface area contributed by atoms with Gasteiger partial charge in [0.1, 0.15) is 11.3 Å². The van der Waals surface area contributed by atoms with Crippen molar-refractivity contribution < 1.29 is 9.59 Å². The van der Waals surface area contributed by atoms with Crippen molar-refractivity contribution in [2.45, 2.75) is 53.0 Å². The highest BCUT2D eigenvalue weighted by molar-refractivity contribution is 6.05. The molecule has 0 fully saturated rings. The molecule has 3 rings (SSSR count). The molecule has 1 aliphatic heterocycles. The molecule has 0 radical (unpaired) electrons. The number of nitrogens with one attached hydrogen (secondary N) is 1. The lowest BCUT2D eigenvalue weighted by atomic mass is 10.1. The van der Waals surface area contributed by atoms with E-state index in [0.717, 1.165) is 43.0 Å². The number of amides is 2. The molecule has 0 saturated heterocycles. The maximum atomic E-state index is 13.1. The highest BCUT2D eigenvalue weighted by atomic mass is 16.2. The highest BCUT2D eigenvalue weighted by Crippen LogP contribution is 2.24. The first-order valence-electron chi connectivity index (χ1n) is 9.47. The smallest absolute Gasteiger partial charge is 0.256 e. The summed E-state index contributed by atoms with van der Waals surface area (Å²) in [7, 11) is 0. The predicted octanol–water partition coefficient (Wildman–Crippen LogP) is 2.06. The van der Waals surface area contributed by atoms with Crippen LogP contribution in [0.25, 0.3) is 11.2 Å². The van der Waals surface area contributed by atoms with E-state index in [2.05, 4.69) is 14.9 Å². The average Bonchev–Trinajstić information content (AvgIpc) is 2.80. The number of hydrogen-bond acceptors (Lipinski definition) is 4. The van der Waals surface area contributed by atoms with Crippen LogP contribution in [0.5, 0.6) is 0 Å². The molecule has 0 saturated carbocycles. The Morgan fingerprint density at radius 3 is 2.77 bits per heavy atom. The van der Waals surface area contributed by atoms with Crippen molar-refractivity contribution in [1.29, 1.82) is 0 Å². The second kappa shape index (κ2) is 7.85. The lowest BCUT2D eigenvalue weighted by molar-refractivity contribution is -0.121. The molecule has 0 unspecified atom stereocenters. The molecule has 26 heavy (non-hydrogen) atoms. The van der Waals surface area contributed by atoms with Crippen molar-refractivity contribution in [3.05, 3.63) is 23.1 Å². The summed E-state index contributed by atoms with van der Waals surface area (Å²) in [5.41, 5.74) is 2.78. The van der Waals surface area contributed by atoms with Crippen LogP contribution in [-0.2, 0) is 17.8 Å². The summed E-state index contributed by atoms with van der Waals surface area (Å²) in [5.74, 6) is 0.698. The van der Waals surface area contributed by atoms with E-state index >= 15 is 0 Å². The van der Waals surface area contributed by atoms with Crippen LogP contribution in [0, 0.1) is 6.92 Å². The Labute approximate surface area is 153 Å². The Morgan fingerprint density at radius 2 is 2.04 bits per heavy atom. The van der Waals surface area contributed by atoms with Crippen LogP contribution in [0.15, 0.2) is 6.07 Å². The third kappa shape index (κ3) is 3.57. The number of fused-ring (bicyclic) bond motifs is 3. The molecule has 1 aliphatic rings. The Hall–Kier alpha value is -2.44. The zero-order chi connectivity index (χ0) is 18.7. The summed E-state index contributed by atoms with van der Waals surface area (Å²) in [6.07, 6.45) is 4.33. The zero-order valence-corrected chi connectivity index (χ0v) is 15.8. The van der Waals surface area contributed by atoms with Gasteiger partial charge in [-0.3, -0.25) is 9.59 Å². The van der Waals surface area contributed by atoms with Crippen molar-refractivity contribution in [3.8, 4) is 0 Å². The third-order valence-corrected chi connectivity index (χ3v) is 4.80. The van der Waals surface area contributed by atoms with Gasteiger partial charge in [-0.15, -0.1) is 0 Å². The highest BCUT2D eigenvalue weighted by Gasteiger charge is 2.24. The van der Waals surface area contributed by atoms with Gasteiger partial charge in [-0.2, -0.15) is 0 Å². The van der Waals surface area contributed by atoms with Crippen LogP contribution in [-0.4, -0.2) is 50.9 Å². The molecule has 3 heterocycles. The number of rotatable bonds is 5. The molecule has 2 amide bonds. The predicted molar refractivity (Wildman–Crippen MR) is 100 cm³/mol. The van der Waals surface area contributed by atoms with Gasteiger partial charge in [0.15, 0.2) is 5.65 Å². The molecule has 0 atom stereocenters. The van der Waals surface area contributed by atoms with Crippen LogP contribution >= 0.6 is 0 Å². The molecule has 0 spiro atoms. The standard InChI is InChI=1S/C19H27N5O2/c1-4-20-16(25)12-23(5-2)19(26)14-11-13(3)21-18-17(14)22-15-9-7-6-8-10-24(15)18/h11H,4-10,12H2,1-3H3,(H,20,25). The first-order valence-corrected chi connectivity index (χ1v) is 9.47. The van der Waals surface area contributed by atoms with Crippen LogP contribution in [0.1, 0.15) is 55.0 Å². The van der Waals surface area contributed by atoms with E-state index < -0.39 is 0 Å². The fourth-order valence-corrected chi connectivity index (χ4v) is 3.50. The van der Waals surface area contributed by atoms with E-state index in [9.17, 15) is 9.59 Å². The summed E-state index contributed by atoms with van der Waals surface area (Å²) in [6.45, 7) is 7.61. The molecule has 0 aliphatic carbocycles. The number of carbonyl (C=O) groups excluding carboxylic acids is 2. The molecule has 0 bridgehead atoms. The molecule has 2 aromatic heterocycles. The fraction of sp³-hybridized carbons (Fsp3) is 0.579. The third-order valence-electron chi connectivity index (χ3n) is 4.80. The molecular formula is C19H27N5O2. The van der Waals surface area contributed by atoms with Crippen molar-refractivity contribution in [2.75, 3.05) is 19.6 Å². The first-order chi connectivity index (χ1) is 12.5. The van der Waals surface area contributed by atoms with Gasteiger partial charge in [0, 0.05) is 31.7 Å². The van der Waals surface area contributed by atoms with Gasteiger partial charge in [-0.25, -0.2) is 9.97 Å². The average molecular weight is 357 g/mol. The number of imidazole rings is 1. The lowest BCUT2D eigenvalue weighted by Crippen LogP contribution is -2.40. The normalized spacial score (nSPS) is 14.0. The van der Waals surface area contributed by atoms with Crippen LogP contribution in [0.3, 0.4) is 0 Å². The van der Waals surface area contributed by atoms with Gasteiger partial charge in [0.2, 0.25) is 5.91 Å². The number of likely N-dealkylation sites (N-methyl/N-ethyl adjacent to an activating group) is 2.